The number of thiazole rings is 1. The van der Waals surface area contributed by atoms with Crippen molar-refractivity contribution in [1.29, 1.82) is 0 Å². The molecule has 9 rings (SSSR count). The maximum absolute atomic E-state index is 5.42. The van der Waals surface area contributed by atoms with E-state index in [1.165, 1.54) is 60.3 Å². The van der Waals surface area contributed by atoms with Crippen LogP contribution in [0.4, 0.5) is 0 Å². The average molecular weight is 668 g/mol. The van der Waals surface area contributed by atoms with Crippen molar-refractivity contribution in [3.8, 4) is 77.3 Å². The Hall–Kier alpha value is -6.35. The van der Waals surface area contributed by atoms with E-state index in [0.29, 0.717) is 0 Å². The highest BCUT2D eigenvalue weighted by atomic mass is 32.1. The number of hydrogen-bond acceptors (Lipinski definition) is 2. The van der Waals surface area contributed by atoms with Crippen molar-refractivity contribution >= 4 is 21.6 Å². The van der Waals surface area contributed by atoms with Gasteiger partial charge < -0.3 is 0 Å². The number of hydrogen-bond donors (Lipinski definition) is 0. The van der Waals surface area contributed by atoms with Crippen LogP contribution in [0.1, 0.15) is 0 Å². The molecule has 1 heterocycles. The number of rotatable bonds is 7. The van der Waals surface area contributed by atoms with Crippen molar-refractivity contribution in [3.05, 3.63) is 200 Å². The Kier molecular flexibility index (Phi) is 8.13. The lowest BCUT2D eigenvalue weighted by molar-refractivity contribution is 1.47. The lowest BCUT2D eigenvalue weighted by atomic mass is 9.93. The van der Waals surface area contributed by atoms with Crippen molar-refractivity contribution in [2.75, 3.05) is 0 Å². The molecule has 0 atom stereocenters. The van der Waals surface area contributed by atoms with Gasteiger partial charge in [-0.15, -0.1) is 11.3 Å². The van der Waals surface area contributed by atoms with Gasteiger partial charge in [0.15, 0.2) is 0 Å². The van der Waals surface area contributed by atoms with Crippen molar-refractivity contribution in [3.63, 3.8) is 0 Å². The second kappa shape index (κ2) is 13.5. The van der Waals surface area contributed by atoms with Gasteiger partial charge in [-0.1, -0.05) is 170 Å². The highest BCUT2D eigenvalue weighted by molar-refractivity contribution is 7.21. The predicted molar refractivity (Wildman–Crippen MR) is 218 cm³/mol. The normalized spacial score (nSPS) is 11.1. The van der Waals surface area contributed by atoms with Crippen LogP contribution in [0, 0.1) is 0 Å². The van der Waals surface area contributed by atoms with E-state index >= 15 is 0 Å². The molecule has 0 saturated carbocycles. The van der Waals surface area contributed by atoms with Gasteiger partial charge in [0.2, 0.25) is 0 Å². The van der Waals surface area contributed by atoms with Crippen LogP contribution in [0.3, 0.4) is 0 Å². The monoisotopic (exact) mass is 667 g/mol. The van der Waals surface area contributed by atoms with Crippen LogP contribution in [0.2, 0.25) is 0 Å². The highest BCUT2D eigenvalue weighted by Gasteiger charge is 2.17. The van der Waals surface area contributed by atoms with Gasteiger partial charge in [0.1, 0.15) is 5.01 Å². The Balaban J connectivity index is 1.23. The zero-order valence-electron chi connectivity index (χ0n) is 27.9. The topological polar surface area (TPSA) is 12.9 Å². The van der Waals surface area contributed by atoms with E-state index in [4.69, 9.17) is 4.98 Å². The molecule has 2 heteroatoms. The number of nitrogens with zero attached hydrogens (tertiary/aromatic N) is 1. The second-order valence-electron chi connectivity index (χ2n) is 12.8. The van der Waals surface area contributed by atoms with E-state index in [1.54, 1.807) is 11.3 Å². The number of fused-ring (bicyclic) bond motifs is 1. The molecule has 0 bridgehead atoms. The van der Waals surface area contributed by atoms with Gasteiger partial charge in [-0.2, -0.15) is 0 Å². The van der Waals surface area contributed by atoms with E-state index in [9.17, 15) is 0 Å². The Labute approximate surface area is 302 Å². The summed E-state index contributed by atoms with van der Waals surface area (Å²) < 4.78 is 1.17. The maximum Gasteiger partial charge on any atom is 0.124 e. The smallest absolute Gasteiger partial charge is 0.124 e. The molecule has 0 aliphatic carbocycles. The number of benzene rings is 8. The van der Waals surface area contributed by atoms with Crippen molar-refractivity contribution in [1.82, 2.24) is 4.98 Å². The van der Waals surface area contributed by atoms with Gasteiger partial charge in [-0.25, -0.2) is 4.98 Å². The summed E-state index contributed by atoms with van der Waals surface area (Å²) in [6.45, 7) is 0. The van der Waals surface area contributed by atoms with Gasteiger partial charge in [0.25, 0.3) is 0 Å². The zero-order valence-corrected chi connectivity index (χ0v) is 28.7. The summed E-state index contributed by atoms with van der Waals surface area (Å²) >= 11 is 1.76. The molecule has 240 valence electrons. The molecule has 0 unspecified atom stereocenters. The van der Waals surface area contributed by atoms with Gasteiger partial charge in [0.05, 0.1) is 10.2 Å². The summed E-state index contributed by atoms with van der Waals surface area (Å²) in [6.07, 6.45) is 0. The van der Waals surface area contributed by atoms with E-state index < -0.39 is 0 Å². The highest BCUT2D eigenvalue weighted by Crippen LogP contribution is 2.42. The molecule has 0 aliphatic rings. The largest absolute Gasteiger partial charge is 0.235 e. The summed E-state index contributed by atoms with van der Waals surface area (Å²) in [7, 11) is 0. The Morgan fingerprint density at radius 3 is 1.31 bits per heavy atom. The first-order valence-electron chi connectivity index (χ1n) is 17.3. The first-order valence-corrected chi connectivity index (χ1v) is 18.1. The summed E-state index contributed by atoms with van der Waals surface area (Å²) in [5.74, 6) is 0. The lowest BCUT2D eigenvalue weighted by Gasteiger charge is -2.12. The Morgan fingerprint density at radius 2 is 0.725 bits per heavy atom. The minimum absolute atomic E-state index is 1.01. The van der Waals surface area contributed by atoms with Gasteiger partial charge in [-0.05, 0) is 91.5 Å². The first-order chi connectivity index (χ1) is 25.3. The standard InChI is InChI=1S/C49H33NS/c1-5-15-34(16-6-1)38-23-13-25-40(29-38)43-32-46(41-26-14-24-39(30-41)35-17-7-2-8-18-35)48-47(33-43)51-49(50-48)42-27-28-44(36-19-9-3-10-20-36)45(31-42)37-21-11-4-12-22-37/h1-33H. The van der Waals surface area contributed by atoms with Crippen molar-refractivity contribution < 1.29 is 0 Å². The van der Waals surface area contributed by atoms with Crippen LogP contribution < -0.4 is 0 Å². The fraction of sp³-hybridized carbons (Fsp3) is 0. The summed E-state index contributed by atoms with van der Waals surface area (Å²) in [6, 6.07) is 71.7. The third-order valence-electron chi connectivity index (χ3n) is 9.51. The third-order valence-corrected chi connectivity index (χ3v) is 10.6. The molecule has 1 nitrogen and oxygen atoms in total. The molecule has 0 aliphatic heterocycles. The fourth-order valence-electron chi connectivity index (χ4n) is 6.95. The van der Waals surface area contributed by atoms with E-state index in [1.807, 2.05) is 0 Å². The summed E-state index contributed by atoms with van der Waals surface area (Å²) in [5.41, 5.74) is 16.4. The third kappa shape index (κ3) is 6.18. The molecule has 0 saturated heterocycles. The molecule has 9 aromatic rings. The minimum Gasteiger partial charge on any atom is -0.235 e. The Bertz CT molecular complexity index is 2610. The van der Waals surface area contributed by atoms with E-state index in [2.05, 4.69) is 200 Å². The summed E-state index contributed by atoms with van der Waals surface area (Å²) in [5, 5.41) is 1.01. The fourth-order valence-corrected chi connectivity index (χ4v) is 7.98. The minimum atomic E-state index is 1.01. The van der Waals surface area contributed by atoms with E-state index in [0.717, 1.165) is 27.2 Å². The number of aromatic nitrogens is 1. The van der Waals surface area contributed by atoms with Crippen LogP contribution in [0.15, 0.2) is 200 Å². The predicted octanol–water partition coefficient (Wildman–Crippen LogP) is 14.0. The SMILES string of the molecule is c1ccc(-c2cccc(-c3cc(-c4cccc(-c5ccccc5)c4)c4nc(-c5ccc(-c6ccccc6)c(-c6ccccc6)c5)sc4c3)c2)cc1. The van der Waals surface area contributed by atoms with Crippen LogP contribution in [0.25, 0.3) is 87.5 Å². The van der Waals surface area contributed by atoms with Crippen LogP contribution in [-0.4, -0.2) is 4.98 Å². The van der Waals surface area contributed by atoms with Gasteiger partial charge >= 0.3 is 0 Å². The van der Waals surface area contributed by atoms with E-state index in [-0.39, 0.29) is 0 Å². The molecule has 1 aromatic heterocycles. The molecule has 51 heavy (non-hydrogen) atoms. The van der Waals surface area contributed by atoms with Crippen LogP contribution in [-0.2, 0) is 0 Å². The summed E-state index contributed by atoms with van der Waals surface area (Å²) in [4.78, 5) is 5.42. The molecule has 0 spiro atoms. The van der Waals surface area contributed by atoms with Crippen molar-refractivity contribution in [2.45, 2.75) is 0 Å². The molecule has 0 fully saturated rings. The molecule has 0 amide bonds. The van der Waals surface area contributed by atoms with Crippen LogP contribution >= 0.6 is 11.3 Å². The van der Waals surface area contributed by atoms with Gasteiger partial charge in [0, 0.05) is 11.1 Å². The van der Waals surface area contributed by atoms with Crippen molar-refractivity contribution in [2.24, 2.45) is 0 Å². The van der Waals surface area contributed by atoms with Crippen LogP contribution in [0.5, 0.6) is 0 Å². The lowest BCUT2D eigenvalue weighted by Crippen LogP contribution is -1.88. The first kappa shape index (κ1) is 30.7. The average Bonchev–Trinajstić information content (AvgIpc) is 3.66. The van der Waals surface area contributed by atoms with Gasteiger partial charge in [-0.3, -0.25) is 0 Å². The molecule has 0 N–H and O–H groups in total. The molecular weight excluding hydrogens is 635 g/mol. The quantitative estimate of drug-likeness (QED) is 0.165. The molecular formula is C49H33NS. The molecule has 0 radical (unpaired) electrons. The Morgan fingerprint density at radius 1 is 0.275 bits per heavy atom. The zero-order chi connectivity index (χ0) is 34.0. The second-order valence-corrected chi connectivity index (χ2v) is 13.8. The maximum atomic E-state index is 5.42. The molecule has 8 aromatic carbocycles.